The van der Waals surface area contributed by atoms with E-state index in [1.165, 1.54) is 5.69 Å². The fraction of sp³-hybridized carbons (Fsp3) is 0.562. The van der Waals surface area contributed by atoms with Gasteiger partial charge in [0.25, 0.3) is 0 Å². The van der Waals surface area contributed by atoms with Crippen LogP contribution in [-0.2, 0) is 11.3 Å². The molecule has 2 atom stereocenters. The zero-order valence-corrected chi connectivity index (χ0v) is 14.1. The van der Waals surface area contributed by atoms with Crippen LogP contribution in [0.1, 0.15) is 23.5 Å². The highest BCUT2D eigenvalue weighted by Crippen LogP contribution is 2.36. The van der Waals surface area contributed by atoms with Crippen molar-refractivity contribution in [3.63, 3.8) is 0 Å². The standard InChI is InChI=1S/C16H21N5OS/c1-12-19-14(10-23-12)8-21-6-3-16(11-21)7-13(9-22-16)20-15-17-4-2-5-18-15/h2,4-5,10,13H,3,6-9,11H2,1H3,(H,17,18,20)/t13-,16+/m1/s1. The van der Waals surface area contributed by atoms with E-state index in [1.807, 2.05) is 6.07 Å². The molecule has 122 valence electrons. The number of thiazole rings is 1. The summed E-state index contributed by atoms with van der Waals surface area (Å²) in [5.74, 6) is 0.686. The van der Waals surface area contributed by atoms with Crippen molar-refractivity contribution in [2.45, 2.75) is 38.0 Å². The molecule has 1 spiro atoms. The molecular formula is C16H21N5OS. The van der Waals surface area contributed by atoms with E-state index in [-0.39, 0.29) is 5.60 Å². The summed E-state index contributed by atoms with van der Waals surface area (Å²) in [4.78, 5) is 15.5. The van der Waals surface area contributed by atoms with Crippen LogP contribution in [0.15, 0.2) is 23.8 Å². The fourth-order valence-electron chi connectivity index (χ4n) is 3.55. The van der Waals surface area contributed by atoms with Gasteiger partial charge in [-0.15, -0.1) is 11.3 Å². The maximum atomic E-state index is 6.18. The number of hydrogen-bond donors (Lipinski definition) is 1. The normalized spacial score (nSPS) is 27.8. The van der Waals surface area contributed by atoms with Crippen molar-refractivity contribution in [3.05, 3.63) is 34.5 Å². The summed E-state index contributed by atoms with van der Waals surface area (Å²) in [6.45, 7) is 5.77. The lowest BCUT2D eigenvalue weighted by Crippen LogP contribution is -2.33. The van der Waals surface area contributed by atoms with E-state index < -0.39 is 0 Å². The summed E-state index contributed by atoms with van der Waals surface area (Å²) in [6, 6.07) is 2.12. The Morgan fingerprint density at radius 1 is 1.43 bits per heavy atom. The SMILES string of the molecule is Cc1nc(CN2CC[C@]3(C[C@@H](Nc4ncccn4)CO3)C2)cs1. The second-order valence-corrected chi connectivity index (χ2v) is 7.49. The molecule has 2 saturated heterocycles. The monoisotopic (exact) mass is 331 g/mol. The van der Waals surface area contributed by atoms with Crippen molar-refractivity contribution in [2.75, 3.05) is 25.0 Å². The molecule has 0 radical (unpaired) electrons. The molecule has 0 unspecified atom stereocenters. The van der Waals surface area contributed by atoms with Gasteiger partial charge in [0.1, 0.15) is 0 Å². The van der Waals surface area contributed by atoms with Gasteiger partial charge in [0.2, 0.25) is 5.95 Å². The molecule has 6 nitrogen and oxygen atoms in total. The van der Waals surface area contributed by atoms with E-state index in [4.69, 9.17) is 4.74 Å². The highest BCUT2D eigenvalue weighted by atomic mass is 32.1. The minimum Gasteiger partial charge on any atom is -0.371 e. The summed E-state index contributed by atoms with van der Waals surface area (Å²) in [5.41, 5.74) is 1.16. The second-order valence-electron chi connectivity index (χ2n) is 6.43. The largest absolute Gasteiger partial charge is 0.371 e. The van der Waals surface area contributed by atoms with Crippen LogP contribution in [0.3, 0.4) is 0 Å². The van der Waals surface area contributed by atoms with E-state index in [9.17, 15) is 0 Å². The van der Waals surface area contributed by atoms with Gasteiger partial charge >= 0.3 is 0 Å². The van der Waals surface area contributed by atoms with Crippen LogP contribution < -0.4 is 5.32 Å². The zero-order valence-electron chi connectivity index (χ0n) is 13.2. The highest BCUT2D eigenvalue weighted by Gasteiger charge is 2.45. The number of rotatable bonds is 4. The Bertz CT molecular complexity index is 664. The first-order valence-corrected chi connectivity index (χ1v) is 8.90. The van der Waals surface area contributed by atoms with Crippen LogP contribution in [0.5, 0.6) is 0 Å². The van der Waals surface area contributed by atoms with Crippen molar-refractivity contribution in [3.8, 4) is 0 Å². The van der Waals surface area contributed by atoms with E-state index in [2.05, 4.69) is 37.5 Å². The Kier molecular flexibility index (Phi) is 4.00. The number of hydrogen-bond acceptors (Lipinski definition) is 7. The maximum absolute atomic E-state index is 6.18. The molecule has 1 N–H and O–H groups in total. The van der Waals surface area contributed by atoms with Gasteiger partial charge in [0, 0.05) is 43.8 Å². The molecule has 0 saturated carbocycles. The van der Waals surface area contributed by atoms with Gasteiger partial charge in [-0.25, -0.2) is 15.0 Å². The summed E-state index contributed by atoms with van der Waals surface area (Å²) >= 11 is 1.72. The van der Waals surface area contributed by atoms with Gasteiger partial charge in [-0.05, 0) is 19.4 Å². The van der Waals surface area contributed by atoms with Crippen molar-refractivity contribution in [1.29, 1.82) is 0 Å². The molecule has 2 aromatic rings. The van der Waals surface area contributed by atoms with E-state index >= 15 is 0 Å². The Balaban J connectivity index is 1.34. The first-order valence-electron chi connectivity index (χ1n) is 8.02. The van der Waals surface area contributed by atoms with Crippen molar-refractivity contribution in [2.24, 2.45) is 0 Å². The molecule has 4 rings (SSSR count). The molecular weight excluding hydrogens is 310 g/mol. The molecule has 7 heteroatoms. The fourth-order valence-corrected chi connectivity index (χ4v) is 4.15. The maximum Gasteiger partial charge on any atom is 0.222 e. The van der Waals surface area contributed by atoms with Crippen molar-refractivity contribution in [1.82, 2.24) is 19.9 Å². The molecule has 0 amide bonds. The quantitative estimate of drug-likeness (QED) is 0.925. The summed E-state index contributed by atoms with van der Waals surface area (Å²) in [5, 5.41) is 6.68. The zero-order chi connectivity index (χ0) is 15.7. The average molecular weight is 331 g/mol. The first-order chi connectivity index (χ1) is 11.2. The predicted octanol–water partition coefficient (Wildman–Crippen LogP) is 2.09. The molecule has 0 bridgehead atoms. The lowest BCUT2D eigenvalue weighted by atomic mass is 9.97. The lowest BCUT2D eigenvalue weighted by Gasteiger charge is -2.23. The van der Waals surface area contributed by atoms with Gasteiger partial charge in [0.15, 0.2) is 0 Å². The van der Waals surface area contributed by atoms with Crippen molar-refractivity contribution < 1.29 is 4.74 Å². The number of anilines is 1. The van der Waals surface area contributed by atoms with E-state index in [0.29, 0.717) is 12.0 Å². The Morgan fingerprint density at radius 3 is 3.09 bits per heavy atom. The predicted molar refractivity (Wildman–Crippen MR) is 89.5 cm³/mol. The van der Waals surface area contributed by atoms with Gasteiger partial charge in [-0.1, -0.05) is 0 Å². The second kappa shape index (κ2) is 6.14. The smallest absolute Gasteiger partial charge is 0.222 e. The molecule has 2 aliphatic rings. The molecule has 0 aliphatic carbocycles. The number of aromatic nitrogens is 3. The topological polar surface area (TPSA) is 63.2 Å². The molecule has 2 fully saturated rings. The summed E-state index contributed by atoms with van der Waals surface area (Å²) < 4.78 is 6.18. The molecule has 4 heterocycles. The summed E-state index contributed by atoms with van der Waals surface area (Å²) in [7, 11) is 0. The number of nitrogens with zero attached hydrogens (tertiary/aromatic N) is 4. The van der Waals surface area contributed by atoms with Crippen LogP contribution in [0.25, 0.3) is 0 Å². The molecule has 2 aromatic heterocycles. The van der Waals surface area contributed by atoms with Gasteiger partial charge in [-0.3, -0.25) is 4.90 Å². The molecule has 0 aromatic carbocycles. The average Bonchev–Trinajstić information content (AvgIpc) is 3.24. The van der Waals surface area contributed by atoms with Crippen LogP contribution >= 0.6 is 11.3 Å². The molecule has 2 aliphatic heterocycles. The van der Waals surface area contributed by atoms with Crippen LogP contribution in [0, 0.1) is 6.92 Å². The first kappa shape index (κ1) is 15.0. The third-order valence-corrected chi connectivity index (χ3v) is 5.38. The van der Waals surface area contributed by atoms with Gasteiger partial charge in [0.05, 0.1) is 29.0 Å². The van der Waals surface area contributed by atoms with Crippen LogP contribution in [0.2, 0.25) is 0 Å². The van der Waals surface area contributed by atoms with Crippen LogP contribution in [0.4, 0.5) is 5.95 Å². The highest BCUT2D eigenvalue weighted by molar-refractivity contribution is 7.09. The third-order valence-electron chi connectivity index (χ3n) is 4.56. The minimum absolute atomic E-state index is 0.0164. The van der Waals surface area contributed by atoms with Crippen LogP contribution in [-0.4, -0.2) is 51.2 Å². The minimum atomic E-state index is -0.0164. The Labute approximate surface area is 139 Å². The van der Waals surface area contributed by atoms with Gasteiger partial charge < -0.3 is 10.1 Å². The lowest BCUT2D eigenvalue weighted by molar-refractivity contribution is 0.0119. The Hall–Kier alpha value is -1.57. The van der Waals surface area contributed by atoms with E-state index in [0.717, 1.165) is 44.1 Å². The Morgan fingerprint density at radius 2 is 2.30 bits per heavy atom. The third kappa shape index (κ3) is 3.36. The van der Waals surface area contributed by atoms with Crippen molar-refractivity contribution >= 4 is 17.3 Å². The van der Waals surface area contributed by atoms with Gasteiger partial charge in [-0.2, -0.15) is 0 Å². The molecule has 23 heavy (non-hydrogen) atoms. The van der Waals surface area contributed by atoms with E-state index in [1.54, 1.807) is 23.7 Å². The number of aryl methyl sites for hydroxylation is 1. The number of ether oxygens (including phenoxy) is 1. The number of nitrogens with one attached hydrogen (secondary N) is 1. The summed E-state index contributed by atoms with van der Waals surface area (Å²) in [6.07, 6.45) is 5.61. The number of likely N-dealkylation sites (tertiary alicyclic amines) is 1.